The molecule has 2 rings (SSSR count). The van der Waals surface area contributed by atoms with E-state index in [1.807, 2.05) is 0 Å². The van der Waals surface area contributed by atoms with E-state index in [1.165, 1.54) is 23.3 Å². The van der Waals surface area contributed by atoms with Crippen LogP contribution in [0.2, 0.25) is 0 Å². The number of rotatable bonds is 9. The van der Waals surface area contributed by atoms with Crippen molar-refractivity contribution in [2.45, 2.75) is 52.4 Å². The maximum atomic E-state index is 13.1. The molecule has 4 nitrogen and oxygen atoms in total. The average Bonchev–Trinajstić information content (AvgIpc) is 2.69. The van der Waals surface area contributed by atoms with Crippen molar-refractivity contribution < 1.29 is 19.1 Å². The van der Waals surface area contributed by atoms with Crippen molar-refractivity contribution in [1.29, 1.82) is 0 Å². The molecule has 0 aromatic rings. The Hall–Kier alpha value is -2.36. The van der Waals surface area contributed by atoms with E-state index in [2.05, 4.69) is 45.2 Å². The zero-order valence-corrected chi connectivity index (χ0v) is 17.2. The van der Waals surface area contributed by atoms with E-state index in [-0.39, 0.29) is 19.1 Å². The molecule has 0 bridgehead atoms. The van der Waals surface area contributed by atoms with Gasteiger partial charge in [-0.05, 0) is 52.4 Å². The minimum absolute atomic E-state index is 0.0816. The van der Waals surface area contributed by atoms with Gasteiger partial charge < -0.3 is 9.47 Å². The molecule has 1 fully saturated rings. The Balaban J connectivity index is 2.37. The van der Waals surface area contributed by atoms with Gasteiger partial charge in [-0.25, -0.2) is 0 Å². The van der Waals surface area contributed by atoms with Crippen molar-refractivity contribution in [1.82, 2.24) is 0 Å². The lowest BCUT2D eigenvalue weighted by molar-refractivity contribution is -0.175. The van der Waals surface area contributed by atoms with Crippen LogP contribution in [0.3, 0.4) is 0 Å². The minimum atomic E-state index is -1.32. The van der Waals surface area contributed by atoms with Crippen LogP contribution in [0.1, 0.15) is 52.4 Å². The number of ether oxygens (including phenoxy) is 2. The second kappa shape index (κ2) is 10.3. The highest BCUT2D eigenvalue weighted by atomic mass is 16.6. The predicted molar refractivity (Wildman–Crippen MR) is 112 cm³/mol. The normalized spacial score (nSPS) is 20.0. The Kier molecular flexibility index (Phi) is 8.04. The highest BCUT2D eigenvalue weighted by Crippen LogP contribution is 2.49. The van der Waals surface area contributed by atoms with Crippen LogP contribution in [-0.2, 0) is 19.1 Å². The van der Waals surface area contributed by atoms with Crippen molar-refractivity contribution >= 4 is 11.9 Å². The highest BCUT2D eigenvalue weighted by Gasteiger charge is 2.56. The molecule has 1 unspecified atom stereocenters. The lowest BCUT2D eigenvalue weighted by atomic mass is 9.61. The molecule has 28 heavy (non-hydrogen) atoms. The van der Waals surface area contributed by atoms with Gasteiger partial charge in [0.15, 0.2) is 5.41 Å². The first-order valence-corrected chi connectivity index (χ1v) is 10.0. The summed E-state index contributed by atoms with van der Waals surface area (Å²) in [5.74, 6) is -1.33. The van der Waals surface area contributed by atoms with E-state index in [9.17, 15) is 9.59 Å². The van der Waals surface area contributed by atoms with E-state index in [4.69, 9.17) is 9.47 Å². The van der Waals surface area contributed by atoms with Crippen molar-refractivity contribution in [3.8, 4) is 0 Å². The molecular formula is C24H32O4. The number of esters is 2. The largest absolute Gasteiger partial charge is 0.461 e. The van der Waals surface area contributed by atoms with Crippen LogP contribution in [-0.4, -0.2) is 25.2 Å². The minimum Gasteiger partial charge on any atom is -0.461 e. The Morgan fingerprint density at radius 3 is 2.39 bits per heavy atom. The molecule has 0 amide bonds. The summed E-state index contributed by atoms with van der Waals surface area (Å²) in [6.07, 6.45) is 14.4. The molecule has 0 aliphatic heterocycles. The molecule has 1 saturated carbocycles. The van der Waals surface area contributed by atoms with Crippen LogP contribution in [0.4, 0.5) is 0 Å². The van der Waals surface area contributed by atoms with Gasteiger partial charge in [0.2, 0.25) is 0 Å². The van der Waals surface area contributed by atoms with E-state index in [0.717, 1.165) is 37.7 Å². The van der Waals surface area contributed by atoms with Gasteiger partial charge in [-0.1, -0.05) is 60.3 Å². The van der Waals surface area contributed by atoms with E-state index in [0.29, 0.717) is 6.42 Å². The molecule has 0 aromatic heterocycles. The first-order valence-electron chi connectivity index (χ1n) is 10.0. The van der Waals surface area contributed by atoms with Crippen LogP contribution in [0.15, 0.2) is 60.3 Å². The molecule has 0 radical (unpaired) electrons. The SMILES string of the molecule is C=CCOC(=O)C1(C(=O)OCC=C)CCCC2=CCC(CCC=C(C)C)=CC21. The summed E-state index contributed by atoms with van der Waals surface area (Å²) in [5, 5.41) is 0. The molecule has 2 aliphatic carbocycles. The maximum Gasteiger partial charge on any atom is 0.324 e. The average molecular weight is 385 g/mol. The Morgan fingerprint density at radius 2 is 1.82 bits per heavy atom. The van der Waals surface area contributed by atoms with Crippen molar-refractivity contribution in [3.63, 3.8) is 0 Å². The highest BCUT2D eigenvalue weighted by molar-refractivity contribution is 6.01. The third-order valence-corrected chi connectivity index (χ3v) is 5.41. The Morgan fingerprint density at radius 1 is 1.18 bits per heavy atom. The molecule has 2 aliphatic rings. The molecule has 4 heteroatoms. The van der Waals surface area contributed by atoms with Gasteiger partial charge in [0.25, 0.3) is 0 Å². The zero-order chi connectivity index (χ0) is 20.6. The van der Waals surface area contributed by atoms with Gasteiger partial charge in [0, 0.05) is 5.92 Å². The quantitative estimate of drug-likeness (QED) is 0.310. The Labute approximate surface area is 168 Å². The molecule has 0 aromatic carbocycles. The van der Waals surface area contributed by atoms with E-state index in [1.54, 1.807) is 0 Å². The molecule has 152 valence electrons. The monoisotopic (exact) mass is 384 g/mol. The fourth-order valence-electron chi connectivity index (χ4n) is 4.04. The van der Waals surface area contributed by atoms with Crippen molar-refractivity contribution in [2.24, 2.45) is 11.3 Å². The van der Waals surface area contributed by atoms with Crippen molar-refractivity contribution in [3.05, 3.63) is 60.3 Å². The van der Waals surface area contributed by atoms with Crippen LogP contribution < -0.4 is 0 Å². The summed E-state index contributed by atoms with van der Waals surface area (Å²) >= 11 is 0. The summed E-state index contributed by atoms with van der Waals surface area (Å²) in [6.45, 7) is 11.5. The second-order valence-corrected chi connectivity index (χ2v) is 7.71. The number of hydrogen-bond donors (Lipinski definition) is 0. The first-order chi connectivity index (χ1) is 13.5. The number of carbonyl (C=O) groups is 2. The van der Waals surface area contributed by atoms with Gasteiger partial charge in [0.1, 0.15) is 13.2 Å². The number of allylic oxidation sites excluding steroid dienone is 6. The molecule has 0 N–H and O–H groups in total. The first kappa shape index (κ1) is 21.9. The summed E-state index contributed by atoms with van der Waals surface area (Å²) in [4.78, 5) is 26.2. The third kappa shape index (κ3) is 4.92. The summed E-state index contributed by atoms with van der Waals surface area (Å²) in [6, 6.07) is 0. The smallest absolute Gasteiger partial charge is 0.324 e. The molecule has 1 atom stereocenters. The topological polar surface area (TPSA) is 52.6 Å². The van der Waals surface area contributed by atoms with Crippen LogP contribution in [0.5, 0.6) is 0 Å². The number of carbonyl (C=O) groups excluding carboxylic acids is 2. The number of hydrogen-bond acceptors (Lipinski definition) is 4. The second-order valence-electron chi connectivity index (χ2n) is 7.71. The molecular weight excluding hydrogens is 352 g/mol. The fraction of sp³-hybridized carbons (Fsp3) is 0.500. The fourth-order valence-corrected chi connectivity index (χ4v) is 4.04. The lowest BCUT2D eigenvalue weighted by Crippen LogP contribution is -2.50. The van der Waals surface area contributed by atoms with Gasteiger partial charge in [-0.2, -0.15) is 0 Å². The summed E-state index contributed by atoms with van der Waals surface area (Å²) < 4.78 is 10.8. The van der Waals surface area contributed by atoms with Crippen LogP contribution in [0.25, 0.3) is 0 Å². The van der Waals surface area contributed by atoms with Crippen molar-refractivity contribution in [2.75, 3.05) is 13.2 Å². The third-order valence-electron chi connectivity index (χ3n) is 5.41. The lowest BCUT2D eigenvalue weighted by Gasteiger charge is -2.41. The maximum absolute atomic E-state index is 13.1. The van der Waals surface area contributed by atoms with Gasteiger partial charge in [-0.3, -0.25) is 9.59 Å². The Bertz CT molecular complexity index is 680. The number of fused-ring (bicyclic) bond motifs is 1. The van der Waals surface area contributed by atoms with Crippen LogP contribution >= 0.6 is 0 Å². The standard InChI is InChI=1S/C24H32O4/c1-5-15-27-22(25)24(23(26)28-16-6-2)14-8-11-20-13-12-19(17-21(20)24)10-7-9-18(3)4/h5-6,9,13,17,21H,1-2,7-8,10-12,14-16H2,3-4H3. The molecule has 0 saturated heterocycles. The molecule has 0 heterocycles. The van der Waals surface area contributed by atoms with E-state index < -0.39 is 17.4 Å². The van der Waals surface area contributed by atoms with E-state index >= 15 is 0 Å². The van der Waals surface area contributed by atoms with Gasteiger partial charge >= 0.3 is 11.9 Å². The predicted octanol–water partition coefficient (Wildman–Crippen LogP) is 5.23. The van der Waals surface area contributed by atoms with Gasteiger partial charge in [-0.15, -0.1) is 0 Å². The zero-order valence-electron chi connectivity index (χ0n) is 17.2. The molecule has 0 spiro atoms. The summed E-state index contributed by atoms with van der Waals surface area (Å²) in [7, 11) is 0. The van der Waals surface area contributed by atoms with Gasteiger partial charge in [0.05, 0.1) is 0 Å². The van der Waals surface area contributed by atoms with Crippen LogP contribution in [0, 0.1) is 11.3 Å². The summed E-state index contributed by atoms with van der Waals surface area (Å²) in [5.41, 5.74) is 2.37.